The molecule has 0 atom stereocenters. The number of hydrogen-bond acceptors (Lipinski definition) is 4. The van der Waals surface area contributed by atoms with E-state index in [4.69, 9.17) is 14.2 Å². The summed E-state index contributed by atoms with van der Waals surface area (Å²) >= 11 is 0. The molecule has 2 aromatic carbocycles. The maximum Gasteiger partial charge on any atom is 0.257 e. The van der Waals surface area contributed by atoms with Gasteiger partial charge < -0.3 is 19.5 Å². The van der Waals surface area contributed by atoms with Crippen LogP contribution < -0.4 is 19.5 Å². The molecule has 0 bridgehead atoms. The lowest BCUT2D eigenvalue weighted by molar-refractivity contribution is -0.123. The van der Waals surface area contributed by atoms with Crippen molar-refractivity contribution in [3.8, 4) is 17.2 Å². The minimum Gasteiger partial charge on any atom is -0.497 e. The Morgan fingerprint density at radius 1 is 0.875 bits per heavy atom. The molecule has 2 aromatic rings. The number of para-hydroxylation sites is 1. The van der Waals surface area contributed by atoms with Crippen LogP contribution in [0.25, 0.3) is 0 Å². The van der Waals surface area contributed by atoms with Gasteiger partial charge in [-0.2, -0.15) is 0 Å². The molecule has 1 N–H and O–H groups in total. The lowest BCUT2D eigenvalue weighted by Gasteiger charge is -2.08. The van der Waals surface area contributed by atoms with Gasteiger partial charge in [0.15, 0.2) is 6.61 Å². The highest BCUT2D eigenvalue weighted by molar-refractivity contribution is 5.77. The van der Waals surface area contributed by atoms with Gasteiger partial charge in [-0.25, -0.2) is 0 Å². The smallest absolute Gasteiger partial charge is 0.257 e. The van der Waals surface area contributed by atoms with E-state index in [-0.39, 0.29) is 12.5 Å². The molecule has 24 heavy (non-hydrogen) atoms. The molecular formula is C19H23NO4. The highest BCUT2D eigenvalue weighted by Gasteiger charge is 2.02. The van der Waals surface area contributed by atoms with Crippen LogP contribution in [0.1, 0.15) is 12.8 Å². The van der Waals surface area contributed by atoms with Gasteiger partial charge in [-0.1, -0.05) is 18.2 Å². The van der Waals surface area contributed by atoms with Crippen molar-refractivity contribution >= 4 is 5.91 Å². The molecule has 5 heteroatoms. The van der Waals surface area contributed by atoms with Crippen LogP contribution in [-0.2, 0) is 4.79 Å². The molecule has 0 aliphatic carbocycles. The topological polar surface area (TPSA) is 56.8 Å². The molecule has 0 aromatic heterocycles. The van der Waals surface area contributed by atoms with Crippen LogP contribution in [-0.4, -0.2) is 32.8 Å². The first kappa shape index (κ1) is 17.7. The summed E-state index contributed by atoms with van der Waals surface area (Å²) in [5, 5.41) is 2.83. The van der Waals surface area contributed by atoms with E-state index in [1.165, 1.54) is 0 Å². The maximum atomic E-state index is 11.7. The van der Waals surface area contributed by atoms with Gasteiger partial charge in [0, 0.05) is 6.54 Å². The minimum atomic E-state index is -0.130. The SMILES string of the molecule is COc1ccc(OCC(=O)NCCCCOc2ccccc2)cc1. The van der Waals surface area contributed by atoms with Gasteiger partial charge in [-0.3, -0.25) is 4.79 Å². The van der Waals surface area contributed by atoms with Gasteiger partial charge in [0.05, 0.1) is 13.7 Å². The Kier molecular flexibility index (Phi) is 7.47. The Balaban J connectivity index is 1.51. The molecule has 0 fully saturated rings. The molecule has 0 heterocycles. The van der Waals surface area contributed by atoms with Crippen molar-refractivity contribution in [3.05, 3.63) is 54.6 Å². The molecule has 1 amide bonds. The summed E-state index contributed by atoms with van der Waals surface area (Å²) in [5.41, 5.74) is 0. The Bertz CT molecular complexity index is 599. The summed E-state index contributed by atoms with van der Waals surface area (Å²) < 4.78 is 16.1. The number of amides is 1. The second-order valence-corrected chi connectivity index (χ2v) is 5.18. The van der Waals surface area contributed by atoms with Crippen LogP contribution in [0.2, 0.25) is 0 Å². The van der Waals surface area contributed by atoms with Crippen molar-refractivity contribution in [3.63, 3.8) is 0 Å². The third kappa shape index (κ3) is 6.60. The lowest BCUT2D eigenvalue weighted by Crippen LogP contribution is -2.29. The summed E-state index contributed by atoms with van der Waals surface area (Å²) in [6.45, 7) is 1.26. The van der Waals surface area contributed by atoms with Gasteiger partial charge in [0.25, 0.3) is 5.91 Å². The molecule has 128 valence electrons. The monoisotopic (exact) mass is 329 g/mol. The van der Waals surface area contributed by atoms with Crippen LogP contribution in [0.5, 0.6) is 17.2 Å². The van der Waals surface area contributed by atoms with Crippen molar-refractivity contribution in [1.29, 1.82) is 0 Å². The van der Waals surface area contributed by atoms with E-state index in [2.05, 4.69) is 5.32 Å². The first-order valence-electron chi connectivity index (χ1n) is 7.99. The zero-order valence-electron chi connectivity index (χ0n) is 13.9. The van der Waals surface area contributed by atoms with Crippen molar-refractivity contribution < 1.29 is 19.0 Å². The van der Waals surface area contributed by atoms with E-state index >= 15 is 0 Å². The largest absolute Gasteiger partial charge is 0.497 e. The first-order chi connectivity index (χ1) is 11.8. The quantitative estimate of drug-likeness (QED) is 0.681. The molecule has 0 unspecified atom stereocenters. The summed E-state index contributed by atoms with van der Waals surface area (Å²) in [4.78, 5) is 11.7. The summed E-state index contributed by atoms with van der Waals surface area (Å²) in [5.74, 6) is 2.14. The van der Waals surface area contributed by atoms with E-state index in [1.807, 2.05) is 30.3 Å². The molecule has 0 radical (unpaired) electrons. The fourth-order valence-corrected chi connectivity index (χ4v) is 2.03. The van der Waals surface area contributed by atoms with E-state index in [1.54, 1.807) is 31.4 Å². The summed E-state index contributed by atoms with van der Waals surface area (Å²) in [7, 11) is 1.61. The number of carbonyl (C=O) groups excluding carboxylic acids is 1. The predicted molar refractivity (Wildman–Crippen MR) is 92.7 cm³/mol. The van der Waals surface area contributed by atoms with E-state index < -0.39 is 0 Å². The average molecular weight is 329 g/mol. The third-order valence-electron chi connectivity index (χ3n) is 3.33. The maximum absolute atomic E-state index is 11.7. The number of methoxy groups -OCH3 is 1. The van der Waals surface area contributed by atoms with E-state index in [0.717, 1.165) is 24.3 Å². The number of nitrogens with one attached hydrogen (secondary N) is 1. The van der Waals surface area contributed by atoms with Gasteiger partial charge in [-0.15, -0.1) is 0 Å². The number of carbonyl (C=O) groups is 1. The summed E-state index contributed by atoms with van der Waals surface area (Å²) in [6, 6.07) is 16.8. The lowest BCUT2D eigenvalue weighted by atomic mass is 10.3. The van der Waals surface area contributed by atoms with Crippen molar-refractivity contribution in [2.45, 2.75) is 12.8 Å². The second kappa shape index (κ2) is 10.2. The Hall–Kier alpha value is -2.69. The van der Waals surface area contributed by atoms with Crippen molar-refractivity contribution in [1.82, 2.24) is 5.32 Å². The molecular weight excluding hydrogens is 306 g/mol. The third-order valence-corrected chi connectivity index (χ3v) is 3.33. The van der Waals surface area contributed by atoms with Crippen molar-refractivity contribution in [2.75, 3.05) is 26.9 Å². The normalized spacial score (nSPS) is 10.0. The van der Waals surface area contributed by atoms with E-state index in [0.29, 0.717) is 18.9 Å². The highest BCUT2D eigenvalue weighted by atomic mass is 16.5. The molecule has 0 saturated heterocycles. The van der Waals surface area contributed by atoms with Crippen LogP contribution in [0.4, 0.5) is 0 Å². The van der Waals surface area contributed by atoms with Gasteiger partial charge >= 0.3 is 0 Å². The van der Waals surface area contributed by atoms with Crippen LogP contribution in [0.15, 0.2) is 54.6 Å². The first-order valence-corrected chi connectivity index (χ1v) is 7.99. The highest BCUT2D eigenvalue weighted by Crippen LogP contribution is 2.16. The Morgan fingerprint density at radius 2 is 1.54 bits per heavy atom. The molecule has 0 aliphatic rings. The molecule has 2 rings (SSSR count). The zero-order chi connectivity index (χ0) is 17.0. The number of unbranched alkanes of at least 4 members (excludes halogenated alkanes) is 1. The standard InChI is InChI=1S/C19H23NO4/c1-22-16-9-11-18(12-10-16)24-15-19(21)20-13-5-6-14-23-17-7-3-2-4-8-17/h2-4,7-12H,5-6,13-15H2,1H3,(H,20,21). The molecule has 0 spiro atoms. The second-order valence-electron chi connectivity index (χ2n) is 5.18. The fraction of sp³-hybridized carbons (Fsp3) is 0.316. The zero-order valence-corrected chi connectivity index (χ0v) is 13.9. The molecule has 0 saturated carbocycles. The van der Waals surface area contributed by atoms with Crippen LogP contribution >= 0.6 is 0 Å². The minimum absolute atomic E-state index is 0.00679. The number of benzene rings is 2. The van der Waals surface area contributed by atoms with Crippen LogP contribution in [0, 0.1) is 0 Å². The number of rotatable bonds is 10. The Labute approximate surface area is 142 Å². The molecule has 0 aliphatic heterocycles. The number of hydrogen-bond donors (Lipinski definition) is 1. The van der Waals surface area contributed by atoms with Crippen molar-refractivity contribution in [2.24, 2.45) is 0 Å². The van der Waals surface area contributed by atoms with Gasteiger partial charge in [0.2, 0.25) is 0 Å². The van der Waals surface area contributed by atoms with Gasteiger partial charge in [-0.05, 0) is 49.2 Å². The van der Waals surface area contributed by atoms with Gasteiger partial charge in [0.1, 0.15) is 17.2 Å². The predicted octanol–water partition coefficient (Wildman–Crippen LogP) is 3.05. The summed E-state index contributed by atoms with van der Waals surface area (Å²) in [6.07, 6.45) is 1.75. The fourth-order valence-electron chi connectivity index (χ4n) is 2.03. The van der Waals surface area contributed by atoms with Crippen LogP contribution in [0.3, 0.4) is 0 Å². The average Bonchev–Trinajstić information content (AvgIpc) is 2.64. The number of ether oxygens (including phenoxy) is 3. The molecule has 5 nitrogen and oxygen atoms in total. The Morgan fingerprint density at radius 3 is 2.25 bits per heavy atom. The van der Waals surface area contributed by atoms with E-state index in [9.17, 15) is 4.79 Å².